The Bertz CT molecular complexity index is 641. The van der Waals surface area contributed by atoms with Crippen LogP contribution in [0, 0.1) is 17.0 Å². The Kier molecular flexibility index (Phi) is 4.90. The minimum atomic E-state index is -0.406. The van der Waals surface area contributed by atoms with Gasteiger partial charge in [-0.1, -0.05) is 30.3 Å². The number of ether oxygens (including phenoxy) is 1. The number of nitrogens with zero attached hydrogens (tertiary/aromatic N) is 1. The van der Waals surface area contributed by atoms with Crippen LogP contribution in [0.5, 0.6) is 5.75 Å². The minimum absolute atomic E-state index is 0.0723. The van der Waals surface area contributed by atoms with E-state index in [2.05, 4.69) is 0 Å². The third-order valence-corrected chi connectivity index (χ3v) is 3.21. The average Bonchev–Trinajstić information content (AvgIpc) is 2.47. The van der Waals surface area contributed by atoms with Crippen molar-refractivity contribution in [2.45, 2.75) is 20.0 Å². The van der Waals surface area contributed by atoms with Crippen LogP contribution in [-0.4, -0.2) is 11.5 Å². The maximum absolute atomic E-state index is 10.8. The Morgan fingerprint density at radius 2 is 2.00 bits per heavy atom. The van der Waals surface area contributed by atoms with Crippen LogP contribution in [0.3, 0.4) is 0 Å². The molecule has 110 valence electrons. The van der Waals surface area contributed by atoms with Gasteiger partial charge in [0.1, 0.15) is 12.4 Å². The first-order chi connectivity index (χ1) is 10.1. The van der Waals surface area contributed by atoms with E-state index < -0.39 is 4.92 Å². The molecule has 0 aliphatic carbocycles. The van der Waals surface area contributed by atoms with Crippen LogP contribution < -0.4 is 10.5 Å². The van der Waals surface area contributed by atoms with Crippen molar-refractivity contribution in [1.82, 2.24) is 0 Å². The summed E-state index contributed by atoms with van der Waals surface area (Å²) in [6.07, 6.45) is 0.742. The highest BCUT2D eigenvalue weighted by Gasteiger charge is 2.09. The van der Waals surface area contributed by atoms with Crippen LogP contribution in [0.2, 0.25) is 0 Å². The topological polar surface area (TPSA) is 78.4 Å². The SMILES string of the molecule is Cc1cccc(CCN)c1OCc1cccc([N+](=O)[O-])c1. The zero-order chi connectivity index (χ0) is 15.2. The summed E-state index contributed by atoms with van der Waals surface area (Å²) < 4.78 is 5.86. The first-order valence-corrected chi connectivity index (χ1v) is 6.76. The second-order valence-corrected chi connectivity index (χ2v) is 4.82. The number of hydrogen-bond acceptors (Lipinski definition) is 4. The van der Waals surface area contributed by atoms with Crippen LogP contribution in [0.4, 0.5) is 5.69 Å². The van der Waals surface area contributed by atoms with Crippen molar-refractivity contribution in [3.8, 4) is 5.75 Å². The summed E-state index contributed by atoms with van der Waals surface area (Å²) in [5.74, 6) is 0.814. The Hall–Kier alpha value is -2.40. The summed E-state index contributed by atoms with van der Waals surface area (Å²) in [7, 11) is 0. The van der Waals surface area contributed by atoms with Crippen molar-refractivity contribution < 1.29 is 9.66 Å². The second-order valence-electron chi connectivity index (χ2n) is 4.82. The number of aryl methyl sites for hydroxylation is 1. The van der Waals surface area contributed by atoms with Crippen molar-refractivity contribution in [2.24, 2.45) is 5.73 Å². The molecule has 0 atom stereocenters. The number of nitro groups is 1. The summed E-state index contributed by atoms with van der Waals surface area (Å²) in [5.41, 5.74) is 8.54. The highest BCUT2D eigenvalue weighted by molar-refractivity contribution is 5.41. The predicted molar refractivity (Wildman–Crippen MR) is 81.4 cm³/mol. The molecular weight excluding hydrogens is 268 g/mol. The molecule has 0 aliphatic heterocycles. The first kappa shape index (κ1) is 15.0. The van der Waals surface area contributed by atoms with E-state index in [1.54, 1.807) is 6.07 Å². The average molecular weight is 286 g/mol. The third kappa shape index (κ3) is 3.79. The van der Waals surface area contributed by atoms with E-state index in [9.17, 15) is 10.1 Å². The Labute approximate surface area is 123 Å². The highest BCUT2D eigenvalue weighted by Crippen LogP contribution is 2.25. The molecule has 0 spiro atoms. The van der Waals surface area contributed by atoms with Crippen LogP contribution in [0.25, 0.3) is 0 Å². The van der Waals surface area contributed by atoms with Crippen molar-refractivity contribution in [3.63, 3.8) is 0 Å². The van der Waals surface area contributed by atoms with E-state index in [1.807, 2.05) is 31.2 Å². The molecule has 0 aliphatic rings. The lowest BCUT2D eigenvalue weighted by Gasteiger charge is -2.13. The van der Waals surface area contributed by atoms with Crippen molar-refractivity contribution >= 4 is 5.69 Å². The Morgan fingerprint density at radius 1 is 1.24 bits per heavy atom. The molecule has 2 rings (SSSR count). The van der Waals surface area contributed by atoms with E-state index in [1.165, 1.54) is 12.1 Å². The molecule has 0 saturated carbocycles. The molecule has 2 aromatic rings. The monoisotopic (exact) mass is 286 g/mol. The molecule has 21 heavy (non-hydrogen) atoms. The molecule has 2 N–H and O–H groups in total. The van der Waals surface area contributed by atoms with E-state index in [0.717, 1.165) is 28.9 Å². The van der Waals surface area contributed by atoms with Crippen LogP contribution in [0.15, 0.2) is 42.5 Å². The lowest BCUT2D eigenvalue weighted by molar-refractivity contribution is -0.384. The summed E-state index contributed by atoms with van der Waals surface area (Å²) in [6, 6.07) is 12.4. The zero-order valence-electron chi connectivity index (χ0n) is 11.9. The lowest BCUT2D eigenvalue weighted by Crippen LogP contribution is -2.06. The van der Waals surface area contributed by atoms with E-state index in [0.29, 0.717) is 13.2 Å². The normalized spacial score (nSPS) is 10.4. The maximum Gasteiger partial charge on any atom is 0.269 e. The number of benzene rings is 2. The van der Waals surface area contributed by atoms with E-state index in [4.69, 9.17) is 10.5 Å². The highest BCUT2D eigenvalue weighted by atomic mass is 16.6. The minimum Gasteiger partial charge on any atom is -0.488 e. The number of hydrogen-bond donors (Lipinski definition) is 1. The number of nitro benzene ring substituents is 1. The lowest BCUT2D eigenvalue weighted by atomic mass is 10.1. The molecular formula is C16H18N2O3. The van der Waals surface area contributed by atoms with Gasteiger partial charge in [-0.3, -0.25) is 10.1 Å². The summed E-state index contributed by atoms with van der Waals surface area (Å²) in [5, 5.41) is 10.8. The number of para-hydroxylation sites is 1. The Morgan fingerprint density at radius 3 is 2.71 bits per heavy atom. The van der Waals surface area contributed by atoms with Crippen LogP contribution in [0.1, 0.15) is 16.7 Å². The zero-order valence-corrected chi connectivity index (χ0v) is 11.9. The van der Waals surface area contributed by atoms with Gasteiger partial charge >= 0.3 is 0 Å². The van der Waals surface area contributed by atoms with Gasteiger partial charge < -0.3 is 10.5 Å². The van der Waals surface area contributed by atoms with Gasteiger partial charge in [-0.05, 0) is 36.6 Å². The number of non-ortho nitro benzene ring substituents is 1. The van der Waals surface area contributed by atoms with Crippen LogP contribution >= 0.6 is 0 Å². The fourth-order valence-electron chi connectivity index (χ4n) is 2.19. The molecule has 0 unspecified atom stereocenters. The van der Waals surface area contributed by atoms with Gasteiger partial charge in [-0.2, -0.15) is 0 Å². The smallest absolute Gasteiger partial charge is 0.269 e. The molecule has 0 amide bonds. The molecule has 0 heterocycles. The number of nitrogens with two attached hydrogens (primary N) is 1. The molecule has 0 saturated heterocycles. The summed E-state index contributed by atoms with van der Waals surface area (Å²) >= 11 is 0. The van der Waals surface area contributed by atoms with Gasteiger partial charge in [0.05, 0.1) is 4.92 Å². The van der Waals surface area contributed by atoms with Gasteiger partial charge in [0.15, 0.2) is 0 Å². The second kappa shape index (κ2) is 6.85. The number of rotatable bonds is 6. The fourth-order valence-corrected chi connectivity index (χ4v) is 2.19. The Balaban J connectivity index is 2.16. The third-order valence-electron chi connectivity index (χ3n) is 3.21. The quantitative estimate of drug-likeness (QED) is 0.654. The fraction of sp³-hybridized carbons (Fsp3) is 0.250. The van der Waals surface area contributed by atoms with E-state index in [-0.39, 0.29) is 5.69 Å². The van der Waals surface area contributed by atoms with Crippen molar-refractivity contribution in [2.75, 3.05) is 6.54 Å². The summed E-state index contributed by atoms with van der Waals surface area (Å²) in [6.45, 7) is 2.82. The van der Waals surface area contributed by atoms with Gasteiger partial charge in [0.2, 0.25) is 0 Å². The van der Waals surface area contributed by atoms with Crippen LogP contribution in [-0.2, 0) is 13.0 Å². The van der Waals surface area contributed by atoms with Gasteiger partial charge in [0.25, 0.3) is 5.69 Å². The molecule has 0 aromatic heterocycles. The van der Waals surface area contributed by atoms with Gasteiger partial charge in [0, 0.05) is 12.1 Å². The summed E-state index contributed by atoms with van der Waals surface area (Å²) in [4.78, 5) is 10.4. The molecule has 2 aromatic carbocycles. The molecule has 5 heteroatoms. The maximum atomic E-state index is 10.8. The largest absolute Gasteiger partial charge is 0.488 e. The molecule has 0 radical (unpaired) electrons. The standard InChI is InChI=1S/C16H18N2O3/c1-12-4-2-6-14(8-9-17)16(12)21-11-13-5-3-7-15(10-13)18(19)20/h2-7,10H,8-9,11,17H2,1H3. The molecule has 0 bridgehead atoms. The molecule has 5 nitrogen and oxygen atoms in total. The van der Waals surface area contributed by atoms with Crippen molar-refractivity contribution in [3.05, 3.63) is 69.3 Å². The molecule has 0 fully saturated rings. The van der Waals surface area contributed by atoms with Gasteiger partial charge in [-0.15, -0.1) is 0 Å². The van der Waals surface area contributed by atoms with Crippen molar-refractivity contribution in [1.29, 1.82) is 0 Å². The van der Waals surface area contributed by atoms with Gasteiger partial charge in [-0.25, -0.2) is 0 Å². The van der Waals surface area contributed by atoms with E-state index >= 15 is 0 Å². The first-order valence-electron chi connectivity index (χ1n) is 6.76. The predicted octanol–water partition coefficient (Wildman–Crippen LogP) is 2.98.